The second-order valence-electron chi connectivity index (χ2n) is 6.16. The first kappa shape index (κ1) is 16.2. The Balaban J connectivity index is 2.06. The van der Waals surface area contributed by atoms with E-state index < -0.39 is 0 Å². The molecule has 26 heavy (non-hydrogen) atoms. The van der Waals surface area contributed by atoms with Gasteiger partial charge in [0.25, 0.3) is 5.69 Å². The number of fused-ring (bicyclic) bond motifs is 4. The summed E-state index contributed by atoms with van der Waals surface area (Å²) >= 11 is 0. The van der Waals surface area contributed by atoms with Crippen LogP contribution in [-0.2, 0) is 0 Å². The van der Waals surface area contributed by atoms with Gasteiger partial charge in [0.05, 0.1) is 21.6 Å². The van der Waals surface area contributed by atoms with E-state index in [1.54, 1.807) is 12.1 Å². The van der Waals surface area contributed by atoms with Crippen LogP contribution in [0.15, 0.2) is 54.6 Å². The SMILES string of the molecule is CNCCNc1c2ccc([N+](=O)[O-])cc2nc2c1ccc1ccccc12. The summed E-state index contributed by atoms with van der Waals surface area (Å²) in [5.41, 5.74) is 2.48. The fraction of sp³-hybridized carbons (Fsp3) is 0.150. The van der Waals surface area contributed by atoms with Gasteiger partial charge in [-0.25, -0.2) is 4.98 Å². The fourth-order valence-corrected chi connectivity index (χ4v) is 3.28. The lowest BCUT2D eigenvalue weighted by atomic mass is 10.0. The topological polar surface area (TPSA) is 80.1 Å². The van der Waals surface area contributed by atoms with Crippen molar-refractivity contribution in [1.82, 2.24) is 10.3 Å². The molecule has 6 nitrogen and oxygen atoms in total. The Kier molecular flexibility index (Phi) is 4.10. The van der Waals surface area contributed by atoms with Crippen LogP contribution in [0.25, 0.3) is 32.6 Å². The summed E-state index contributed by atoms with van der Waals surface area (Å²) in [4.78, 5) is 15.6. The molecule has 0 bridgehead atoms. The maximum Gasteiger partial charge on any atom is 0.271 e. The zero-order valence-corrected chi connectivity index (χ0v) is 14.3. The summed E-state index contributed by atoms with van der Waals surface area (Å²) < 4.78 is 0. The zero-order valence-electron chi connectivity index (χ0n) is 14.3. The van der Waals surface area contributed by atoms with E-state index in [1.807, 2.05) is 31.3 Å². The van der Waals surface area contributed by atoms with Gasteiger partial charge in [0, 0.05) is 41.4 Å². The molecule has 2 N–H and O–H groups in total. The normalized spacial score (nSPS) is 11.3. The third-order valence-electron chi connectivity index (χ3n) is 4.54. The number of likely N-dealkylation sites (N-methyl/N-ethyl adjacent to an activating group) is 1. The molecule has 0 saturated heterocycles. The number of hydrogen-bond acceptors (Lipinski definition) is 5. The molecule has 4 aromatic rings. The summed E-state index contributed by atoms with van der Waals surface area (Å²) in [6.45, 7) is 1.56. The van der Waals surface area contributed by atoms with Crippen molar-refractivity contribution in [2.24, 2.45) is 0 Å². The van der Waals surface area contributed by atoms with Crippen molar-refractivity contribution in [3.8, 4) is 0 Å². The van der Waals surface area contributed by atoms with Gasteiger partial charge >= 0.3 is 0 Å². The number of pyridine rings is 1. The number of non-ortho nitro benzene ring substituents is 1. The molecular formula is C20H18N4O2. The summed E-state index contributed by atoms with van der Waals surface area (Å²) in [7, 11) is 1.90. The molecule has 0 aliphatic carbocycles. The quantitative estimate of drug-likeness (QED) is 0.187. The predicted octanol–water partition coefficient (Wildman–Crippen LogP) is 4.08. The maximum atomic E-state index is 11.2. The number of nitro groups is 1. The van der Waals surface area contributed by atoms with Crippen molar-refractivity contribution in [2.75, 3.05) is 25.5 Å². The molecule has 0 radical (unpaired) electrons. The highest BCUT2D eigenvalue weighted by Crippen LogP contribution is 2.35. The largest absolute Gasteiger partial charge is 0.383 e. The monoisotopic (exact) mass is 346 g/mol. The van der Waals surface area contributed by atoms with Crippen molar-refractivity contribution < 1.29 is 4.92 Å². The summed E-state index contributed by atoms with van der Waals surface area (Å²) in [5.74, 6) is 0. The molecule has 0 aliphatic heterocycles. The van der Waals surface area contributed by atoms with Gasteiger partial charge in [0.2, 0.25) is 0 Å². The van der Waals surface area contributed by atoms with Crippen LogP contribution in [0.3, 0.4) is 0 Å². The highest BCUT2D eigenvalue weighted by molar-refractivity contribution is 6.16. The molecule has 3 aromatic carbocycles. The van der Waals surface area contributed by atoms with E-state index in [9.17, 15) is 10.1 Å². The van der Waals surface area contributed by atoms with Gasteiger partial charge in [-0.15, -0.1) is 0 Å². The molecule has 130 valence electrons. The minimum atomic E-state index is -0.386. The number of nitrogens with one attached hydrogen (secondary N) is 2. The number of rotatable bonds is 5. The fourth-order valence-electron chi connectivity index (χ4n) is 3.28. The highest BCUT2D eigenvalue weighted by Gasteiger charge is 2.14. The first-order valence-electron chi connectivity index (χ1n) is 8.47. The first-order valence-corrected chi connectivity index (χ1v) is 8.47. The van der Waals surface area contributed by atoms with Crippen molar-refractivity contribution in [1.29, 1.82) is 0 Å². The molecule has 0 fully saturated rings. The van der Waals surface area contributed by atoms with Crippen molar-refractivity contribution in [3.63, 3.8) is 0 Å². The Labute approximate surface area is 150 Å². The number of nitrogens with zero attached hydrogens (tertiary/aromatic N) is 2. The third kappa shape index (κ3) is 2.70. The van der Waals surface area contributed by atoms with Crippen molar-refractivity contribution in [2.45, 2.75) is 0 Å². The third-order valence-corrected chi connectivity index (χ3v) is 4.54. The number of hydrogen-bond donors (Lipinski definition) is 2. The highest BCUT2D eigenvalue weighted by atomic mass is 16.6. The maximum absolute atomic E-state index is 11.2. The molecule has 0 saturated carbocycles. The number of benzene rings is 3. The van der Waals surface area contributed by atoms with Crippen molar-refractivity contribution >= 4 is 44.0 Å². The van der Waals surface area contributed by atoms with Crippen LogP contribution in [0.1, 0.15) is 0 Å². The lowest BCUT2D eigenvalue weighted by Crippen LogP contribution is -2.18. The Morgan fingerprint density at radius 1 is 1.00 bits per heavy atom. The lowest BCUT2D eigenvalue weighted by molar-refractivity contribution is -0.384. The molecule has 6 heteroatoms. The van der Waals surface area contributed by atoms with E-state index in [0.29, 0.717) is 5.52 Å². The van der Waals surface area contributed by atoms with E-state index in [1.165, 1.54) is 6.07 Å². The van der Waals surface area contributed by atoms with Crippen LogP contribution < -0.4 is 10.6 Å². The smallest absolute Gasteiger partial charge is 0.271 e. The van der Waals surface area contributed by atoms with Gasteiger partial charge in [-0.2, -0.15) is 0 Å². The zero-order chi connectivity index (χ0) is 18.1. The van der Waals surface area contributed by atoms with E-state index in [0.717, 1.165) is 45.8 Å². The Hall–Kier alpha value is -3.25. The van der Waals surface area contributed by atoms with E-state index in [-0.39, 0.29) is 10.6 Å². The molecule has 0 atom stereocenters. The molecule has 1 heterocycles. The number of aromatic nitrogens is 1. The molecule has 0 unspecified atom stereocenters. The van der Waals surface area contributed by atoms with Gasteiger partial charge in [-0.05, 0) is 18.5 Å². The van der Waals surface area contributed by atoms with Crippen LogP contribution >= 0.6 is 0 Å². The molecule has 4 rings (SSSR count). The molecule has 0 aliphatic rings. The Morgan fingerprint density at radius 3 is 2.62 bits per heavy atom. The van der Waals surface area contributed by atoms with Gasteiger partial charge in [-0.1, -0.05) is 36.4 Å². The lowest BCUT2D eigenvalue weighted by Gasteiger charge is -2.14. The van der Waals surface area contributed by atoms with Gasteiger partial charge < -0.3 is 10.6 Å². The van der Waals surface area contributed by atoms with E-state index in [4.69, 9.17) is 4.98 Å². The summed E-state index contributed by atoms with van der Waals surface area (Å²) in [6.07, 6.45) is 0. The summed E-state index contributed by atoms with van der Waals surface area (Å²) in [5, 5.41) is 21.8. The van der Waals surface area contributed by atoms with Gasteiger partial charge in [0.1, 0.15) is 0 Å². The van der Waals surface area contributed by atoms with Crippen LogP contribution in [0.2, 0.25) is 0 Å². The Bertz CT molecular complexity index is 1140. The van der Waals surface area contributed by atoms with Crippen LogP contribution in [0.4, 0.5) is 11.4 Å². The van der Waals surface area contributed by atoms with E-state index >= 15 is 0 Å². The summed E-state index contributed by atoms with van der Waals surface area (Å²) in [6, 6.07) is 17.0. The van der Waals surface area contributed by atoms with Gasteiger partial charge in [-0.3, -0.25) is 10.1 Å². The molecule has 1 aromatic heterocycles. The Morgan fingerprint density at radius 2 is 1.81 bits per heavy atom. The van der Waals surface area contributed by atoms with Crippen LogP contribution in [0.5, 0.6) is 0 Å². The molecular weight excluding hydrogens is 328 g/mol. The average molecular weight is 346 g/mol. The second kappa shape index (κ2) is 6.57. The first-order chi connectivity index (χ1) is 12.7. The van der Waals surface area contributed by atoms with Crippen LogP contribution in [-0.4, -0.2) is 30.0 Å². The number of anilines is 1. The van der Waals surface area contributed by atoms with Crippen LogP contribution in [0, 0.1) is 10.1 Å². The molecule has 0 amide bonds. The minimum Gasteiger partial charge on any atom is -0.383 e. The molecule has 0 spiro atoms. The van der Waals surface area contributed by atoms with Crippen molar-refractivity contribution in [3.05, 3.63) is 64.7 Å². The number of nitro benzene ring substituents is 1. The average Bonchev–Trinajstić information content (AvgIpc) is 2.67. The predicted molar refractivity (Wildman–Crippen MR) is 106 cm³/mol. The minimum absolute atomic E-state index is 0.0470. The van der Waals surface area contributed by atoms with E-state index in [2.05, 4.69) is 22.8 Å². The standard InChI is InChI=1S/C20H18N4O2/c1-21-10-11-22-19-16-9-7-14(24(25)26)12-18(16)23-20-15-5-3-2-4-13(15)6-8-17(19)20/h2-9,12,21H,10-11H2,1H3,(H,22,23). The second-order valence-corrected chi connectivity index (χ2v) is 6.16. The van der Waals surface area contributed by atoms with Gasteiger partial charge in [0.15, 0.2) is 0 Å².